The van der Waals surface area contributed by atoms with Crippen molar-refractivity contribution in [3.8, 4) is 0 Å². The summed E-state index contributed by atoms with van der Waals surface area (Å²) in [6.45, 7) is 0. The second kappa shape index (κ2) is 3.05. The van der Waals surface area contributed by atoms with E-state index in [1.807, 2.05) is 0 Å². The Labute approximate surface area is 83.7 Å². The molecule has 1 heterocycles. The molecule has 66 valence electrons. The number of halogens is 2. The first-order valence-electron chi connectivity index (χ1n) is 3.56. The Hall–Kier alpha value is -0.990. The molecule has 1 aromatic heterocycles. The first-order chi connectivity index (χ1) is 6.16. The summed E-state index contributed by atoms with van der Waals surface area (Å²) in [7, 11) is 0. The zero-order chi connectivity index (χ0) is 9.42. The Balaban J connectivity index is 2.89. The summed E-state index contributed by atoms with van der Waals surface area (Å²) >= 11 is 11.3. The average molecular weight is 215 g/mol. The van der Waals surface area contributed by atoms with Gasteiger partial charge >= 0.3 is 5.63 Å². The quantitative estimate of drug-likeness (QED) is 0.632. The number of hydrogen-bond donors (Lipinski definition) is 0. The van der Waals surface area contributed by atoms with Gasteiger partial charge in [0.1, 0.15) is 10.6 Å². The van der Waals surface area contributed by atoms with E-state index in [-0.39, 0.29) is 5.02 Å². The number of benzene rings is 1. The van der Waals surface area contributed by atoms with E-state index >= 15 is 0 Å². The summed E-state index contributed by atoms with van der Waals surface area (Å²) in [6.07, 6.45) is 0. The van der Waals surface area contributed by atoms with Crippen LogP contribution in [-0.2, 0) is 0 Å². The smallest absolute Gasteiger partial charge is 0.355 e. The summed E-state index contributed by atoms with van der Waals surface area (Å²) in [5.41, 5.74) is -0.0988. The molecule has 0 atom stereocenters. The Morgan fingerprint density at radius 1 is 1.15 bits per heavy atom. The highest BCUT2D eigenvalue weighted by atomic mass is 35.5. The van der Waals surface area contributed by atoms with Crippen molar-refractivity contribution in [1.82, 2.24) is 0 Å². The third-order valence-corrected chi connectivity index (χ3v) is 2.15. The molecular weight excluding hydrogens is 211 g/mol. The zero-order valence-corrected chi connectivity index (χ0v) is 7.89. The molecule has 0 aliphatic rings. The van der Waals surface area contributed by atoms with E-state index in [4.69, 9.17) is 27.6 Å². The van der Waals surface area contributed by atoms with Gasteiger partial charge in [0.05, 0.1) is 0 Å². The lowest BCUT2D eigenvalue weighted by Crippen LogP contribution is -1.97. The normalized spacial score (nSPS) is 10.6. The maximum absolute atomic E-state index is 11.0. The van der Waals surface area contributed by atoms with Crippen molar-refractivity contribution in [3.63, 3.8) is 0 Å². The van der Waals surface area contributed by atoms with Crippen LogP contribution in [0.25, 0.3) is 11.0 Å². The molecule has 1 aromatic carbocycles. The van der Waals surface area contributed by atoms with Crippen LogP contribution in [0.2, 0.25) is 10.0 Å². The maximum Gasteiger partial charge on any atom is 0.355 e. The van der Waals surface area contributed by atoms with Crippen LogP contribution in [0.3, 0.4) is 0 Å². The summed E-state index contributed by atoms with van der Waals surface area (Å²) in [6, 6.07) is 6.58. The average Bonchev–Trinajstić information content (AvgIpc) is 2.08. The Morgan fingerprint density at radius 3 is 2.69 bits per heavy atom. The van der Waals surface area contributed by atoms with E-state index in [1.165, 1.54) is 0 Å². The molecular formula is C9H4Cl2O2. The van der Waals surface area contributed by atoms with Crippen LogP contribution in [0, 0.1) is 0 Å². The molecule has 4 heteroatoms. The minimum Gasteiger partial charge on any atom is -0.422 e. The van der Waals surface area contributed by atoms with Gasteiger partial charge in [-0.2, -0.15) is 0 Å². The maximum atomic E-state index is 11.0. The topological polar surface area (TPSA) is 30.2 Å². The van der Waals surface area contributed by atoms with Crippen molar-refractivity contribution in [1.29, 1.82) is 0 Å². The molecule has 0 amide bonds. The van der Waals surface area contributed by atoms with Gasteiger partial charge in [0.15, 0.2) is 0 Å². The first kappa shape index (κ1) is 8.60. The standard InChI is InChI=1S/C9H4Cl2O2/c10-6-2-1-5-3-7(11)9(12)13-8(5)4-6/h1-4H. The minimum absolute atomic E-state index is 0.0785. The van der Waals surface area contributed by atoms with E-state index in [0.29, 0.717) is 10.6 Å². The minimum atomic E-state index is -0.545. The van der Waals surface area contributed by atoms with E-state index in [0.717, 1.165) is 5.39 Å². The molecule has 0 saturated carbocycles. The highest BCUT2D eigenvalue weighted by Crippen LogP contribution is 2.19. The molecule has 2 aromatic rings. The van der Waals surface area contributed by atoms with Gasteiger partial charge in [-0.1, -0.05) is 23.2 Å². The fourth-order valence-electron chi connectivity index (χ4n) is 1.06. The number of hydrogen-bond acceptors (Lipinski definition) is 2. The Morgan fingerprint density at radius 2 is 1.92 bits per heavy atom. The lowest BCUT2D eigenvalue weighted by atomic mass is 10.2. The summed E-state index contributed by atoms with van der Waals surface area (Å²) in [5.74, 6) is 0. The van der Waals surface area contributed by atoms with Crippen molar-refractivity contribution in [3.05, 3.63) is 44.7 Å². The van der Waals surface area contributed by atoms with Crippen LogP contribution in [0.15, 0.2) is 33.5 Å². The molecule has 2 nitrogen and oxygen atoms in total. The van der Waals surface area contributed by atoms with E-state index in [2.05, 4.69) is 0 Å². The largest absolute Gasteiger partial charge is 0.422 e. The summed E-state index contributed by atoms with van der Waals surface area (Å²) in [5, 5.41) is 1.36. The van der Waals surface area contributed by atoms with Crippen LogP contribution in [0.1, 0.15) is 0 Å². The molecule has 0 radical (unpaired) electrons. The highest BCUT2D eigenvalue weighted by molar-refractivity contribution is 6.32. The van der Waals surface area contributed by atoms with Crippen LogP contribution in [-0.4, -0.2) is 0 Å². The van der Waals surface area contributed by atoms with Crippen LogP contribution < -0.4 is 5.63 Å². The Kier molecular flexibility index (Phi) is 2.02. The first-order valence-corrected chi connectivity index (χ1v) is 4.31. The Bertz CT molecular complexity index is 516. The lowest BCUT2D eigenvalue weighted by Gasteiger charge is -1.96. The highest BCUT2D eigenvalue weighted by Gasteiger charge is 2.02. The van der Waals surface area contributed by atoms with E-state index < -0.39 is 5.63 Å². The van der Waals surface area contributed by atoms with Gasteiger partial charge in [0.25, 0.3) is 0 Å². The fraction of sp³-hybridized carbons (Fsp3) is 0. The molecule has 0 aliphatic heterocycles. The van der Waals surface area contributed by atoms with E-state index in [9.17, 15) is 4.79 Å². The van der Waals surface area contributed by atoms with Gasteiger partial charge in [-0.05, 0) is 18.2 Å². The summed E-state index contributed by atoms with van der Waals surface area (Å²) in [4.78, 5) is 11.0. The zero-order valence-electron chi connectivity index (χ0n) is 6.38. The number of fused-ring (bicyclic) bond motifs is 1. The van der Waals surface area contributed by atoms with Gasteiger partial charge in [-0.25, -0.2) is 4.79 Å². The molecule has 0 saturated heterocycles. The molecule has 0 aliphatic carbocycles. The van der Waals surface area contributed by atoms with Crippen molar-refractivity contribution in [2.75, 3.05) is 0 Å². The molecule has 0 fully saturated rings. The molecule has 13 heavy (non-hydrogen) atoms. The predicted molar refractivity (Wildman–Crippen MR) is 52.5 cm³/mol. The summed E-state index contributed by atoms with van der Waals surface area (Å²) < 4.78 is 4.90. The van der Waals surface area contributed by atoms with Crippen LogP contribution in [0.5, 0.6) is 0 Å². The molecule has 0 unspecified atom stereocenters. The van der Waals surface area contributed by atoms with Crippen molar-refractivity contribution >= 4 is 34.2 Å². The monoisotopic (exact) mass is 214 g/mol. The van der Waals surface area contributed by atoms with Crippen molar-refractivity contribution in [2.45, 2.75) is 0 Å². The van der Waals surface area contributed by atoms with Crippen molar-refractivity contribution in [2.24, 2.45) is 0 Å². The van der Waals surface area contributed by atoms with E-state index in [1.54, 1.807) is 24.3 Å². The predicted octanol–water partition coefficient (Wildman–Crippen LogP) is 3.10. The van der Waals surface area contributed by atoms with Gasteiger partial charge in [-0.3, -0.25) is 0 Å². The van der Waals surface area contributed by atoms with Crippen LogP contribution >= 0.6 is 23.2 Å². The molecule has 0 spiro atoms. The van der Waals surface area contributed by atoms with Gasteiger partial charge in [0.2, 0.25) is 0 Å². The third-order valence-electron chi connectivity index (χ3n) is 1.66. The second-order valence-corrected chi connectivity index (χ2v) is 3.41. The second-order valence-electron chi connectivity index (χ2n) is 2.56. The van der Waals surface area contributed by atoms with Gasteiger partial charge in [-0.15, -0.1) is 0 Å². The van der Waals surface area contributed by atoms with Crippen molar-refractivity contribution < 1.29 is 4.42 Å². The third kappa shape index (κ3) is 1.55. The van der Waals surface area contributed by atoms with Gasteiger partial charge in [0, 0.05) is 16.5 Å². The lowest BCUT2D eigenvalue weighted by molar-refractivity contribution is 0.561. The molecule has 0 bridgehead atoms. The SMILES string of the molecule is O=c1oc2cc(Cl)ccc2cc1Cl. The molecule has 0 N–H and O–H groups in total. The number of rotatable bonds is 0. The van der Waals surface area contributed by atoms with Gasteiger partial charge < -0.3 is 4.42 Å². The fourth-order valence-corrected chi connectivity index (χ4v) is 1.38. The molecule has 2 rings (SSSR count). The van der Waals surface area contributed by atoms with Crippen LogP contribution in [0.4, 0.5) is 0 Å².